The molecular formula is C13H9Cl2NO4. The molecule has 0 radical (unpaired) electrons. The van der Waals surface area contributed by atoms with E-state index in [0.717, 1.165) is 0 Å². The molecule has 0 amide bonds. The standard InChI is InChI=1S/C13H9Cl2NO4/c14-9-1-3-12(8(5-9)7-17)20-13-4-2-10(15)6-11(13)16(18)19/h1-6,17H,7H2. The first-order valence-electron chi connectivity index (χ1n) is 5.52. The lowest BCUT2D eigenvalue weighted by Crippen LogP contribution is -1.96. The van der Waals surface area contributed by atoms with Gasteiger partial charge in [-0.05, 0) is 30.3 Å². The van der Waals surface area contributed by atoms with Crippen molar-refractivity contribution in [3.05, 3.63) is 62.1 Å². The molecule has 0 fully saturated rings. The minimum absolute atomic E-state index is 0.0384. The minimum Gasteiger partial charge on any atom is -0.450 e. The molecule has 0 heterocycles. The average Bonchev–Trinajstić information content (AvgIpc) is 2.42. The zero-order chi connectivity index (χ0) is 14.7. The molecule has 7 heteroatoms. The summed E-state index contributed by atoms with van der Waals surface area (Å²) in [5.74, 6) is 0.332. The smallest absolute Gasteiger partial charge is 0.313 e. The van der Waals surface area contributed by atoms with E-state index in [4.69, 9.17) is 27.9 Å². The van der Waals surface area contributed by atoms with Crippen LogP contribution in [0.5, 0.6) is 11.5 Å². The van der Waals surface area contributed by atoms with Gasteiger partial charge in [0.05, 0.1) is 11.5 Å². The second-order valence-electron chi connectivity index (χ2n) is 3.88. The molecule has 0 saturated heterocycles. The number of nitro groups is 1. The number of rotatable bonds is 4. The lowest BCUT2D eigenvalue weighted by atomic mass is 10.2. The van der Waals surface area contributed by atoms with E-state index in [9.17, 15) is 15.2 Å². The van der Waals surface area contributed by atoms with Gasteiger partial charge >= 0.3 is 5.69 Å². The third kappa shape index (κ3) is 3.19. The van der Waals surface area contributed by atoms with E-state index in [1.165, 1.54) is 30.3 Å². The van der Waals surface area contributed by atoms with E-state index >= 15 is 0 Å². The number of nitrogens with zero attached hydrogens (tertiary/aromatic N) is 1. The largest absolute Gasteiger partial charge is 0.450 e. The fourth-order valence-corrected chi connectivity index (χ4v) is 1.97. The van der Waals surface area contributed by atoms with Crippen LogP contribution in [0.15, 0.2) is 36.4 Å². The van der Waals surface area contributed by atoms with Gasteiger partial charge in [0.2, 0.25) is 5.75 Å². The third-order valence-electron chi connectivity index (χ3n) is 2.53. The van der Waals surface area contributed by atoms with E-state index in [0.29, 0.717) is 16.3 Å². The van der Waals surface area contributed by atoms with Gasteiger partial charge in [0.25, 0.3) is 0 Å². The number of benzene rings is 2. The SMILES string of the molecule is O=[N+]([O-])c1cc(Cl)ccc1Oc1ccc(Cl)cc1CO. The number of hydrogen-bond acceptors (Lipinski definition) is 4. The topological polar surface area (TPSA) is 72.6 Å². The Morgan fingerprint density at radius 2 is 1.70 bits per heavy atom. The summed E-state index contributed by atoms with van der Waals surface area (Å²) < 4.78 is 5.48. The predicted molar refractivity (Wildman–Crippen MR) is 75.6 cm³/mol. The minimum atomic E-state index is -0.588. The summed E-state index contributed by atoms with van der Waals surface area (Å²) in [6.07, 6.45) is 0. The van der Waals surface area contributed by atoms with Crippen LogP contribution in [0.3, 0.4) is 0 Å². The Bertz CT molecular complexity index is 661. The molecule has 104 valence electrons. The summed E-state index contributed by atoms with van der Waals surface area (Å²) in [5.41, 5.74) is 0.179. The maximum absolute atomic E-state index is 11.0. The fourth-order valence-electron chi connectivity index (χ4n) is 1.61. The summed E-state index contributed by atoms with van der Waals surface area (Å²) in [5, 5.41) is 20.9. The lowest BCUT2D eigenvalue weighted by Gasteiger charge is -2.10. The van der Waals surface area contributed by atoms with Crippen LogP contribution in [0.4, 0.5) is 5.69 Å². The summed E-state index contributed by atoms with van der Waals surface area (Å²) in [6.45, 7) is -0.294. The van der Waals surface area contributed by atoms with Gasteiger partial charge in [0.1, 0.15) is 5.75 Å². The van der Waals surface area contributed by atoms with Gasteiger partial charge in [0, 0.05) is 21.7 Å². The molecule has 0 unspecified atom stereocenters. The monoisotopic (exact) mass is 313 g/mol. The second kappa shape index (κ2) is 6.09. The Hall–Kier alpha value is -1.82. The van der Waals surface area contributed by atoms with Gasteiger partial charge in [-0.15, -0.1) is 0 Å². The maximum atomic E-state index is 11.0. The third-order valence-corrected chi connectivity index (χ3v) is 3.00. The molecule has 0 aliphatic carbocycles. The fraction of sp³-hybridized carbons (Fsp3) is 0.0769. The second-order valence-corrected chi connectivity index (χ2v) is 4.75. The van der Waals surface area contributed by atoms with Crippen molar-refractivity contribution < 1.29 is 14.8 Å². The predicted octanol–water partition coefficient (Wildman–Crippen LogP) is 4.19. The van der Waals surface area contributed by atoms with Crippen LogP contribution in [0.2, 0.25) is 10.0 Å². The normalized spacial score (nSPS) is 10.3. The van der Waals surface area contributed by atoms with E-state index in [1.807, 2.05) is 0 Å². The Balaban J connectivity index is 2.42. The molecule has 2 aromatic rings. The van der Waals surface area contributed by atoms with Gasteiger partial charge in [-0.25, -0.2) is 0 Å². The quantitative estimate of drug-likeness (QED) is 0.678. The van der Waals surface area contributed by atoms with Crippen molar-refractivity contribution in [2.75, 3.05) is 0 Å². The van der Waals surface area contributed by atoms with Crippen molar-refractivity contribution in [3.63, 3.8) is 0 Å². The first kappa shape index (κ1) is 14.6. The molecule has 0 saturated carbocycles. The highest BCUT2D eigenvalue weighted by Crippen LogP contribution is 2.35. The van der Waals surface area contributed by atoms with Crippen LogP contribution in [-0.4, -0.2) is 10.0 Å². The average molecular weight is 314 g/mol. The van der Waals surface area contributed by atoms with Crippen LogP contribution in [0.1, 0.15) is 5.56 Å². The summed E-state index contributed by atoms with van der Waals surface area (Å²) >= 11 is 11.5. The summed E-state index contributed by atoms with van der Waals surface area (Å²) in [4.78, 5) is 10.4. The number of aliphatic hydroxyl groups is 1. The lowest BCUT2D eigenvalue weighted by molar-refractivity contribution is -0.385. The Kier molecular flexibility index (Phi) is 4.44. The highest BCUT2D eigenvalue weighted by molar-refractivity contribution is 6.31. The van der Waals surface area contributed by atoms with Gasteiger partial charge in [-0.1, -0.05) is 23.2 Å². The number of hydrogen-bond donors (Lipinski definition) is 1. The van der Waals surface area contributed by atoms with Crippen molar-refractivity contribution in [1.29, 1.82) is 0 Å². The van der Waals surface area contributed by atoms with Crippen LogP contribution in [-0.2, 0) is 6.61 Å². The van der Waals surface area contributed by atoms with Gasteiger partial charge in [-0.3, -0.25) is 10.1 Å². The number of halogens is 2. The summed E-state index contributed by atoms with van der Waals surface area (Å²) in [6, 6.07) is 8.71. The molecule has 0 aliphatic rings. The Morgan fingerprint density at radius 1 is 1.10 bits per heavy atom. The highest BCUT2D eigenvalue weighted by atomic mass is 35.5. The number of aliphatic hydroxyl groups excluding tert-OH is 1. The van der Waals surface area contributed by atoms with Crippen molar-refractivity contribution in [2.45, 2.75) is 6.61 Å². The van der Waals surface area contributed by atoms with Gasteiger partial charge < -0.3 is 9.84 Å². The molecule has 0 spiro atoms. The van der Waals surface area contributed by atoms with Crippen LogP contribution in [0.25, 0.3) is 0 Å². The number of ether oxygens (including phenoxy) is 1. The van der Waals surface area contributed by atoms with Crippen molar-refractivity contribution >= 4 is 28.9 Å². The van der Waals surface area contributed by atoms with Crippen molar-refractivity contribution in [3.8, 4) is 11.5 Å². The molecule has 2 aromatic carbocycles. The van der Waals surface area contributed by atoms with Crippen LogP contribution >= 0.6 is 23.2 Å². The Morgan fingerprint density at radius 3 is 2.30 bits per heavy atom. The molecule has 5 nitrogen and oxygen atoms in total. The summed E-state index contributed by atoms with van der Waals surface area (Å²) in [7, 11) is 0. The molecule has 2 rings (SSSR count). The van der Waals surface area contributed by atoms with E-state index in [-0.39, 0.29) is 23.1 Å². The number of nitro benzene ring substituents is 1. The van der Waals surface area contributed by atoms with Crippen LogP contribution < -0.4 is 4.74 Å². The van der Waals surface area contributed by atoms with Crippen molar-refractivity contribution in [1.82, 2.24) is 0 Å². The highest BCUT2D eigenvalue weighted by Gasteiger charge is 2.17. The maximum Gasteiger partial charge on any atom is 0.313 e. The van der Waals surface area contributed by atoms with E-state index in [1.54, 1.807) is 6.07 Å². The molecule has 1 N–H and O–H groups in total. The molecule has 20 heavy (non-hydrogen) atoms. The molecular weight excluding hydrogens is 305 g/mol. The molecule has 0 aliphatic heterocycles. The first-order valence-corrected chi connectivity index (χ1v) is 6.28. The molecule has 0 aromatic heterocycles. The zero-order valence-electron chi connectivity index (χ0n) is 10.0. The first-order chi connectivity index (χ1) is 9.51. The van der Waals surface area contributed by atoms with Gasteiger partial charge in [0.15, 0.2) is 0 Å². The zero-order valence-corrected chi connectivity index (χ0v) is 11.6. The van der Waals surface area contributed by atoms with Crippen molar-refractivity contribution in [2.24, 2.45) is 0 Å². The molecule has 0 bridgehead atoms. The Labute approximate surface area is 124 Å². The van der Waals surface area contributed by atoms with E-state index < -0.39 is 4.92 Å². The van der Waals surface area contributed by atoms with Crippen LogP contribution in [0, 0.1) is 10.1 Å². The molecule has 0 atom stereocenters. The van der Waals surface area contributed by atoms with Gasteiger partial charge in [-0.2, -0.15) is 0 Å². The van der Waals surface area contributed by atoms with E-state index in [2.05, 4.69) is 0 Å².